The van der Waals surface area contributed by atoms with Crippen LogP contribution in [0.2, 0.25) is 0 Å². The maximum Gasteiger partial charge on any atom is 0.322 e. The monoisotopic (exact) mass is 410 g/mol. The number of anilines is 2. The number of amides is 2. The number of benzene rings is 1. The van der Waals surface area contributed by atoms with Crippen LogP contribution in [-0.2, 0) is 0 Å². The first-order valence-electron chi connectivity index (χ1n) is 10.1. The quantitative estimate of drug-likeness (QED) is 0.719. The SMILES string of the molecule is O=C(Nc1ccc(F)c(-n2cc3cc(N4CC5(CC5)C4)cnc3n2)c1)N1CC(F)C1. The topological polar surface area (TPSA) is 66.3 Å². The molecule has 4 heterocycles. The van der Waals surface area contributed by atoms with Crippen molar-refractivity contribution in [2.45, 2.75) is 19.0 Å². The molecule has 2 aromatic heterocycles. The van der Waals surface area contributed by atoms with Crippen LogP contribution < -0.4 is 10.2 Å². The van der Waals surface area contributed by atoms with Gasteiger partial charge >= 0.3 is 6.03 Å². The van der Waals surface area contributed by atoms with Crippen LogP contribution in [-0.4, -0.2) is 58.0 Å². The molecule has 154 valence electrons. The molecule has 1 aromatic carbocycles. The average molecular weight is 410 g/mol. The molecule has 2 saturated heterocycles. The smallest absolute Gasteiger partial charge is 0.322 e. The highest BCUT2D eigenvalue weighted by atomic mass is 19.1. The highest BCUT2D eigenvalue weighted by Crippen LogP contribution is 2.53. The van der Waals surface area contributed by atoms with Crippen LogP contribution in [0, 0.1) is 11.2 Å². The Hall–Kier alpha value is -3.23. The van der Waals surface area contributed by atoms with Crippen molar-refractivity contribution in [2.24, 2.45) is 5.41 Å². The summed E-state index contributed by atoms with van der Waals surface area (Å²) >= 11 is 0. The van der Waals surface area contributed by atoms with Crippen LogP contribution in [0.3, 0.4) is 0 Å². The number of carbonyl (C=O) groups excluding carboxylic acids is 1. The van der Waals surface area contributed by atoms with E-state index in [1.165, 1.54) is 40.6 Å². The molecule has 0 bridgehead atoms. The number of nitrogens with one attached hydrogen (secondary N) is 1. The maximum atomic E-state index is 14.5. The van der Waals surface area contributed by atoms with Crippen molar-refractivity contribution in [1.29, 1.82) is 0 Å². The molecule has 0 radical (unpaired) electrons. The van der Waals surface area contributed by atoms with Crippen molar-refractivity contribution >= 4 is 28.4 Å². The minimum absolute atomic E-state index is 0.0799. The lowest BCUT2D eigenvalue weighted by Crippen LogP contribution is -2.53. The number of halogens is 2. The molecule has 1 saturated carbocycles. The van der Waals surface area contributed by atoms with Gasteiger partial charge in [-0.05, 0) is 37.1 Å². The van der Waals surface area contributed by atoms with Crippen molar-refractivity contribution in [3.63, 3.8) is 0 Å². The summed E-state index contributed by atoms with van der Waals surface area (Å²) in [6, 6.07) is 5.89. The third-order valence-electron chi connectivity index (χ3n) is 6.29. The van der Waals surface area contributed by atoms with Crippen molar-refractivity contribution in [1.82, 2.24) is 19.7 Å². The molecule has 3 aliphatic rings. The molecule has 0 unspecified atom stereocenters. The first-order valence-corrected chi connectivity index (χ1v) is 10.1. The fraction of sp³-hybridized carbons (Fsp3) is 0.381. The van der Waals surface area contributed by atoms with E-state index in [0.717, 1.165) is 24.2 Å². The molecule has 0 atom stereocenters. The number of nitrogens with zero attached hydrogens (tertiary/aromatic N) is 5. The fourth-order valence-corrected chi connectivity index (χ4v) is 4.20. The van der Waals surface area contributed by atoms with Gasteiger partial charge in [0.2, 0.25) is 0 Å². The second kappa shape index (κ2) is 6.13. The van der Waals surface area contributed by atoms with Gasteiger partial charge in [-0.3, -0.25) is 0 Å². The fourth-order valence-electron chi connectivity index (χ4n) is 4.20. The van der Waals surface area contributed by atoms with E-state index in [2.05, 4.69) is 20.3 Å². The number of aromatic nitrogens is 3. The number of hydrogen-bond donors (Lipinski definition) is 1. The number of likely N-dealkylation sites (tertiary alicyclic amines) is 1. The zero-order chi connectivity index (χ0) is 20.5. The van der Waals surface area contributed by atoms with Crippen LogP contribution in [0.15, 0.2) is 36.7 Å². The molecule has 3 fully saturated rings. The van der Waals surface area contributed by atoms with Crippen LogP contribution in [0.5, 0.6) is 0 Å². The van der Waals surface area contributed by atoms with Gasteiger partial charge in [0, 0.05) is 35.8 Å². The number of fused-ring (bicyclic) bond motifs is 1. The highest BCUT2D eigenvalue weighted by molar-refractivity contribution is 5.90. The number of urea groups is 1. The molecule has 1 N–H and O–H groups in total. The standard InChI is InChI=1S/C21H20F2N6O/c22-14-9-27(10-14)20(30)25-15-1-2-17(23)18(6-15)29-8-13-5-16(7-24-19(13)26-29)28-11-21(12-28)3-4-21/h1-2,5-8,14H,3-4,9-12H2,(H,25,30). The number of rotatable bonds is 3. The molecule has 7 nitrogen and oxygen atoms in total. The molecule has 2 amide bonds. The van der Waals surface area contributed by atoms with E-state index in [0.29, 0.717) is 16.7 Å². The summed E-state index contributed by atoms with van der Waals surface area (Å²) in [7, 11) is 0. The predicted octanol–water partition coefficient (Wildman–Crippen LogP) is 3.35. The van der Waals surface area contributed by atoms with Gasteiger partial charge in [-0.1, -0.05) is 0 Å². The molecule has 2 aliphatic heterocycles. The second-order valence-electron chi connectivity index (χ2n) is 8.63. The summed E-state index contributed by atoms with van der Waals surface area (Å²) in [6.07, 6.45) is 5.21. The molecule has 9 heteroatoms. The number of pyridine rings is 1. The van der Waals surface area contributed by atoms with E-state index in [1.54, 1.807) is 6.20 Å². The normalized spacial score (nSPS) is 19.7. The van der Waals surface area contributed by atoms with E-state index < -0.39 is 18.0 Å². The molecule has 6 rings (SSSR count). The Kier molecular flexibility index (Phi) is 3.60. The van der Waals surface area contributed by atoms with Crippen LogP contribution in [0.25, 0.3) is 16.7 Å². The van der Waals surface area contributed by atoms with Gasteiger partial charge in [0.25, 0.3) is 0 Å². The van der Waals surface area contributed by atoms with E-state index in [4.69, 9.17) is 0 Å². The maximum absolute atomic E-state index is 14.5. The Morgan fingerprint density at radius 3 is 2.73 bits per heavy atom. The molecule has 1 spiro atoms. The largest absolute Gasteiger partial charge is 0.369 e. The average Bonchev–Trinajstić information content (AvgIpc) is 3.38. The van der Waals surface area contributed by atoms with E-state index in [9.17, 15) is 13.6 Å². The van der Waals surface area contributed by atoms with Gasteiger partial charge in [-0.25, -0.2) is 23.2 Å². The third kappa shape index (κ3) is 2.88. The lowest BCUT2D eigenvalue weighted by molar-refractivity contribution is 0.0974. The van der Waals surface area contributed by atoms with Crippen molar-refractivity contribution in [3.05, 3.63) is 42.5 Å². The molecule has 1 aliphatic carbocycles. The van der Waals surface area contributed by atoms with Gasteiger partial charge < -0.3 is 15.1 Å². The summed E-state index contributed by atoms with van der Waals surface area (Å²) in [5.41, 5.74) is 2.77. The van der Waals surface area contributed by atoms with Crippen molar-refractivity contribution in [2.75, 3.05) is 36.4 Å². The number of hydrogen-bond acceptors (Lipinski definition) is 4. The first-order chi connectivity index (χ1) is 14.5. The molecule has 3 aromatic rings. The highest BCUT2D eigenvalue weighted by Gasteiger charge is 2.52. The van der Waals surface area contributed by atoms with Gasteiger partial charge in [-0.15, -0.1) is 5.10 Å². The Bertz CT molecular complexity index is 1160. The van der Waals surface area contributed by atoms with Gasteiger partial charge in [0.1, 0.15) is 17.7 Å². The first kappa shape index (κ1) is 17.6. The molecular weight excluding hydrogens is 390 g/mol. The molecule has 30 heavy (non-hydrogen) atoms. The van der Waals surface area contributed by atoms with E-state index in [-0.39, 0.29) is 18.8 Å². The number of alkyl halides is 1. The summed E-state index contributed by atoms with van der Waals surface area (Å²) in [5, 5.41) is 7.90. The Morgan fingerprint density at radius 1 is 1.20 bits per heavy atom. The van der Waals surface area contributed by atoms with Crippen LogP contribution in [0.4, 0.5) is 25.0 Å². The molecular formula is C21H20F2N6O. The Labute approximate surface area is 171 Å². The van der Waals surface area contributed by atoms with Crippen molar-refractivity contribution < 1.29 is 13.6 Å². The van der Waals surface area contributed by atoms with Gasteiger partial charge in [0.15, 0.2) is 5.65 Å². The van der Waals surface area contributed by atoms with Crippen molar-refractivity contribution in [3.8, 4) is 5.69 Å². The zero-order valence-electron chi connectivity index (χ0n) is 16.2. The Balaban J connectivity index is 1.25. The predicted molar refractivity (Wildman–Crippen MR) is 108 cm³/mol. The summed E-state index contributed by atoms with van der Waals surface area (Å²) in [6.45, 7) is 2.31. The summed E-state index contributed by atoms with van der Waals surface area (Å²) in [4.78, 5) is 20.2. The van der Waals surface area contributed by atoms with Crippen LogP contribution in [0.1, 0.15) is 12.8 Å². The lowest BCUT2D eigenvalue weighted by Gasteiger charge is -2.41. The second-order valence-corrected chi connectivity index (χ2v) is 8.63. The van der Waals surface area contributed by atoms with Crippen LogP contribution >= 0.6 is 0 Å². The van der Waals surface area contributed by atoms with E-state index >= 15 is 0 Å². The van der Waals surface area contributed by atoms with Gasteiger partial charge in [-0.2, -0.15) is 0 Å². The minimum atomic E-state index is -0.973. The Morgan fingerprint density at radius 2 is 2.00 bits per heavy atom. The van der Waals surface area contributed by atoms with Gasteiger partial charge in [0.05, 0.1) is 25.0 Å². The third-order valence-corrected chi connectivity index (χ3v) is 6.29. The summed E-state index contributed by atoms with van der Waals surface area (Å²) < 4.78 is 28.9. The lowest BCUT2D eigenvalue weighted by atomic mass is 9.96. The minimum Gasteiger partial charge on any atom is -0.369 e. The zero-order valence-corrected chi connectivity index (χ0v) is 16.2. The summed E-state index contributed by atoms with van der Waals surface area (Å²) in [5.74, 6) is -0.466. The number of carbonyl (C=O) groups is 1. The van der Waals surface area contributed by atoms with E-state index in [1.807, 2.05) is 12.3 Å².